The lowest BCUT2D eigenvalue weighted by Gasteiger charge is -2.16. The highest BCUT2D eigenvalue weighted by molar-refractivity contribution is 7.09. The smallest absolute Gasteiger partial charge is 0.220 e. The fourth-order valence-electron chi connectivity index (χ4n) is 3.29. The first-order chi connectivity index (χ1) is 13.2. The van der Waals surface area contributed by atoms with Gasteiger partial charge in [0.1, 0.15) is 11.5 Å². The topological polar surface area (TPSA) is 98.5 Å². The average Bonchev–Trinajstić information content (AvgIpc) is 3.23. The van der Waals surface area contributed by atoms with Crippen molar-refractivity contribution in [2.24, 2.45) is 0 Å². The molecule has 1 unspecified atom stereocenters. The first-order valence-corrected chi connectivity index (χ1v) is 9.96. The minimum absolute atomic E-state index is 0.0543. The molecule has 0 saturated carbocycles. The predicted molar refractivity (Wildman–Crippen MR) is 101 cm³/mol. The number of thiazole rings is 1. The van der Waals surface area contributed by atoms with E-state index < -0.39 is 0 Å². The number of hydrogen-bond acceptors (Lipinski definition) is 7. The van der Waals surface area contributed by atoms with E-state index in [1.165, 1.54) is 0 Å². The number of amides is 1. The molecule has 1 N–H and O–H groups in total. The van der Waals surface area contributed by atoms with E-state index >= 15 is 0 Å². The predicted octanol–water partition coefficient (Wildman–Crippen LogP) is 1.95. The van der Waals surface area contributed by atoms with Crippen LogP contribution in [-0.2, 0) is 24.2 Å². The van der Waals surface area contributed by atoms with E-state index in [0.29, 0.717) is 12.8 Å². The van der Waals surface area contributed by atoms with Gasteiger partial charge in [-0.05, 0) is 26.2 Å². The largest absolute Gasteiger partial charge is 0.353 e. The Labute approximate surface area is 161 Å². The number of nitrogens with zero attached hydrogens (tertiary/aromatic N) is 6. The van der Waals surface area contributed by atoms with Gasteiger partial charge in [-0.1, -0.05) is 0 Å². The SMILES string of the molecule is Cc1nc(-c2nnc3n2CCC(NC(=O)CCc2cnccn2)CC3)cs1. The first-order valence-electron chi connectivity index (χ1n) is 9.08. The molecule has 3 aromatic heterocycles. The van der Waals surface area contributed by atoms with Crippen LogP contribution in [0.15, 0.2) is 24.0 Å². The summed E-state index contributed by atoms with van der Waals surface area (Å²) in [4.78, 5) is 25.1. The molecule has 0 spiro atoms. The second-order valence-corrected chi connectivity index (χ2v) is 7.69. The number of fused-ring (bicyclic) bond motifs is 1. The van der Waals surface area contributed by atoms with Crippen LogP contribution < -0.4 is 5.32 Å². The van der Waals surface area contributed by atoms with E-state index in [1.807, 2.05) is 12.3 Å². The summed E-state index contributed by atoms with van der Waals surface area (Å²) < 4.78 is 2.14. The Morgan fingerprint density at radius 3 is 3.04 bits per heavy atom. The lowest BCUT2D eigenvalue weighted by Crippen LogP contribution is -2.35. The fraction of sp³-hybridized carbons (Fsp3) is 0.444. The van der Waals surface area contributed by atoms with Crippen molar-refractivity contribution in [3.8, 4) is 11.5 Å². The summed E-state index contributed by atoms with van der Waals surface area (Å²) in [6.45, 7) is 2.77. The maximum Gasteiger partial charge on any atom is 0.220 e. The number of nitrogens with one attached hydrogen (secondary N) is 1. The van der Waals surface area contributed by atoms with E-state index in [0.717, 1.165) is 53.9 Å². The molecule has 3 aromatic rings. The summed E-state index contributed by atoms with van der Waals surface area (Å²) >= 11 is 1.61. The summed E-state index contributed by atoms with van der Waals surface area (Å²) in [5, 5.41) is 14.9. The average molecular weight is 383 g/mol. The van der Waals surface area contributed by atoms with Crippen LogP contribution in [0.1, 0.15) is 35.8 Å². The van der Waals surface area contributed by atoms with E-state index in [4.69, 9.17) is 0 Å². The van der Waals surface area contributed by atoms with Crippen molar-refractivity contribution < 1.29 is 4.79 Å². The van der Waals surface area contributed by atoms with Gasteiger partial charge in [0, 0.05) is 49.4 Å². The van der Waals surface area contributed by atoms with Gasteiger partial charge >= 0.3 is 0 Å². The molecule has 27 heavy (non-hydrogen) atoms. The molecule has 4 rings (SSSR count). The van der Waals surface area contributed by atoms with Gasteiger partial charge in [-0.3, -0.25) is 14.8 Å². The van der Waals surface area contributed by atoms with Crippen molar-refractivity contribution in [1.29, 1.82) is 0 Å². The Morgan fingerprint density at radius 1 is 1.33 bits per heavy atom. The van der Waals surface area contributed by atoms with Crippen LogP contribution in [0, 0.1) is 6.92 Å². The van der Waals surface area contributed by atoms with E-state index in [9.17, 15) is 4.79 Å². The molecular weight excluding hydrogens is 362 g/mol. The molecule has 0 bridgehead atoms. The Hall–Kier alpha value is -2.68. The quantitative estimate of drug-likeness (QED) is 0.723. The molecule has 1 aliphatic heterocycles. The summed E-state index contributed by atoms with van der Waals surface area (Å²) in [6, 6.07) is 0.145. The number of carbonyl (C=O) groups is 1. The van der Waals surface area contributed by atoms with Gasteiger partial charge in [0.25, 0.3) is 0 Å². The van der Waals surface area contributed by atoms with E-state index in [-0.39, 0.29) is 11.9 Å². The van der Waals surface area contributed by atoms with Crippen LogP contribution in [0.3, 0.4) is 0 Å². The first kappa shape index (κ1) is 17.7. The fourth-order valence-corrected chi connectivity index (χ4v) is 3.88. The molecule has 1 amide bonds. The minimum atomic E-state index is 0.0543. The van der Waals surface area contributed by atoms with Crippen molar-refractivity contribution in [3.05, 3.63) is 40.5 Å². The Bertz CT molecular complexity index is 921. The number of aryl methyl sites for hydroxylation is 3. The molecule has 0 saturated heterocycles. The van der Waals surface area contributed by atoms with Crippen LogP contribution in [0.4, 0.5) is 0 Å². The van der Waals surface area contributed by atoms with Crippen LogP contribution in [-0.4, -0.2) is 41.7 Å². The molecule has 9 heteroatoms. The molecule has 0 radical (unpaired) electrons. The zero-order valence-electron chi connectivity index (χ0n) is 15.1. The van der Waals surface area contributed by atoms with Crippen LogP contribution >= 0.6 is 11.3 Å². The molecule has 1 aliphatic rings. The number of rotatable bonds is 5. The van der Waals surface area contributed by atoms with Crippen LogP contribution in [0.2, 0.25) is 0 Å². The molecule has 1 atom stereocenters. The highest BCUT2D eigenvalue weighted by Crippen LogP contribution is 2.24. The lowest BCUT2D eigenvalue weighted by molar-refractivity contribution is -0.121. The molecule has 140 valence electrons. The van der Waals surface area contributed by atoms with Crippen molar-refractivity contribution in [1.82, 2.24) is 35.0 Å². The minimum Gasteiger partial charge on any atom is -0.353 e. The van der Waals surface area contributed by atoms with Gasteiger partial charge in [-0.2, -0.15) is 0 Å². The summed E-state index contributed by atoms with van der Waals surface area (Å²) in [6.07, 6.45) is 8.53. The molecule has 8 nitrogen and oxygen atoms in total. The third-order valence-electron chi connectivity index (χ3n) is 4.68. The zero-order valence-corrected chi connectivity index (χ0v) is 15.9. The van der Waals surface area contributed by atoms with Gasteiger partial charge in [-0.15, -0.1) is 21.5 Å². The Morgan fingerprint density at radius 2 is 2.26 bits per heavy atom. The normalized spacial score (nSPS) is 16.6. The van der Waals surface area contributed by atoms with Gasteiger partial charge in [0.15, 0.2) is 5.82 Å². The maximum atomic E-state index is 12.3. The van der Waals surface area contributed by atoms with Crippen LogP contribution in [0.5, 0.6) is 0 Å². The summed E-state index contributed by atoms with van der Waals surface area (Å²) in [5.74, 6) is 1.84. The Balaban J connectivity index is 1.35. The number of aromatic nitrogens is 6. The maximum absolute atomic E-state index is 12.3. The summed E-state index contributed by atoms with van der Waals surface area (Å²) in [5.41, 5.74) is 1.71. The monoisotopic (exact) mass is 383 g/mol. The van der Waals surface area contributed by atoms with Gasteiger partial charge in [0.05, 0.1) is 10.7 Å². The number of hydrogen-bond donors (Lipinski definition) is 1. The second-order valence-electron chi connectivity index (χ2n) is 6.63. The van der Waals surface area contributed by atoms with Gasteiger partial charge in [0.2, 0.25) is 5.91 Å². The highest BCUT2D eigenvalue weighted by Gasteiger charge is 2.22. The third kappa shape index (κ3) is 4.19. The Kier molecular flexibility index (Phi) is 5.19. The second kappa shape index (κ2) is 7.91. The highest BCUT2D eigenvalue weighted by atomic mass is 32.1. The van der Waals surface area contributed by atoms with Crippen molar-refractivity contribution in [3.63, 3.8) is 0 Å². The van der Waals surface area contributed by atoms with Crippen molar-refractivity contribution >= 4 is 17.2 Å². The zero-order chi connectivity index (χ0) is 18.6. The van der Waals surface area contributed by atoms with Crippen LogP contribution in [0.25, 0.3) is 11.5 Å². The van der Waals surface area contributed by atoms with E-state index in [1.54, 1.807) is 29.9 Å². The van der Waals surface area contributed by atoms with Crippen molar-refractivity contribution in [2.45, 2.75) is 51.6 Å². The molecule has 0 aromatic carbocycles. The molecular formula is C18H21N7OS. The number of carbonyl (C=O) groups excluding carboxylic acids is 1. The lowest BCUT2D eigenvalue weighted by atomic mass is 10.1. The molecule has 0 fully saturated rings. The van der Waals surface area contributed by atoms with Crippen molar-refractivity contribution in [2.75, 3.05) is 0 Å². The summed E-state index contributed by atoms with van der Waals surface area (Å²) in [7, 11) is 0. The molecule has 0 aliphatic carbocycles. The van der Waals surface area contributed by atoms with Gasteiger partial charge in [-0.25, -0.2) is 4.98 Å². The third-order valence-corrected chi connectivity index (χ3v) is 5.46. The van der Waals surface area contributed by atoms with E-state index in [2.05, 4.69) is 35.0 Å². The molecule has 4 heterocycles. The van der Waals surface area contributed by atoms with Gasteiger partial charge < -0.3 is 9.88 Å². The standard InChI is InChI=1S/C18H21N7OS/c1-12-21-15(11-27-12)18-24-23-16-4-2-13(6-9-25(16)18)22-17(26)5-3-14-10-19-7-8-20-14/h7-8,10-11,13H,2-6,9H2,1H3,(H,22,26).